The van der Waals surface area contributed by atoms with Crippen molar-refractivity contribution < 1.29 is 85.9 Å². The van der Waals surface area contributed by atoms with Gasteiger partial charge in [0.15, 0.2) is 34.7 Å². The standard InChI is InChI=1S/C29H24O8.C20H18O2.C18H13NO3.C18H16O4.C17H13NO/c1-4-23(30)17-20-6-8-21(9-7-20)29(33)37-26-15-14-25(16-19(26)3)36-28(32)22-10-12-24(13-11-22)34-18-35-27(31)5-2;1-3-19(21)13-15-5-9-17(10-6-15)18-11-7-16(8-12-18)14-20(22)4-2;1-2-16(20)11-13-3-7-15(8-4-13)18(21)22-17-9-5-14(12-19)6-10-17;1-3-15(19)12-13-4-6-14(7-5-13)18(20)22-17-10-8-16(21-2)9-11-17;1-2-17(19)11-13-3-7-15(8-4-13)16-9-5-14(12-18)6-10-16/h4-16H,1-2,17-18H2,3H3;3-12H,1-2,13-14H2;2-10H,1,11H2;3-11H,1,12H2,2H3;2-10H,1,11H2. The molecule has 0 unspecified atom stereocenters. The van der Waals surface area contributed by atoms with E-state index < -0.39 is 29.8 Å². The van der Waals surface area contributed by atoms with Crippen molar-refractivity contribution >= 4 is 64.5 Å². The number of esters is 5. The van der Waals surface area contributed by atoms with Gasteiger partial charge >= 0.3 is 29.8 Å². The highest BCUT2D eigenvalue weighted by atomic mass is 16.7. The zero-order valence-corrected chi connectivity index (χ0v) is 67.0. The first-order chi connectivity index (χ1) is 58.9. The van der Waals surface area contributed by atoms with Gasteiger partial charge in [-0.05, 0) is 244 Å². The van der Waals surface area contributed by atoms with E-state index in [4.69, 9.17) is 43.7 Å². The lowest BCUT2D eigenvalue weighted by Crippen LogP contribution is -2.11. The number of aryl methyl sites for hydroxylation is 1. The van der Waals surface area contributed by atoms with E-state index >= 15 is 0 Å². The average Bonchev–Trinajstić information content (AvgIpc) is 0.814. The van der Waals surface area contributed by atoms with Gasteiger partial charge in [-0.2, -0.15) is 10.5 Å². The molecule has 11 aromatic rings. The summed E-state index contributed by atoms with van der Waals surface area (Å²) < 4.78 is 36.4. The Bertz CT molecular complexity index is 5620. The molecule has 0 fully saturated rings. The van der Waals surface area contributed by atoms with Gasteiger partial charge in [0.05, 0.1) is 52.6 Å². The van der Waals surface area contributed by atoms with Gasteiger partial charge in [-0.1, -0.05) is 167 Å². The summed E-state index contributed by atoms with van der Waals surface area (Å²) in [6, 6.07) is 78.8. The van der Waals surface area contributed by atoms with Gasteiger partial charge < -0.3 is 33.2 Å². The van der Waals surface area contributed by atoms with Crippen molar-refractivity contribution in [1.82, 2.24) is 0 Å². The summed E-state index contributed by atoms with van der Waals surface area (Å²) in [5, 5.41) is 17.5. The van der Waals surface area contributed by atoms with E-state index in [2.05, 4.69) is 52.1 Å². The summed E-state index contributed by atoms with van der Waals surface area (Å²) >= 11 is 0. The SMILES string of the molecule is C=CC(=O)Cc1ccc(-c2ccc(C#N)cc2)cc1.C=CC(=O)Cc1ccc(-c2ccc(CC(=O)C=C)cc2)cc1.C=CC(=O)Cc1ccc(C(=O)Oc2ccc(C#N)cc2)cc1.C=CC(=O)Cc1ccc(C(=O)Oc2ccc(OC(=O)c3ccc(OCOC(=O)C=C)cc3)cc2C)cc1.C=CC(=O)Cc1ccc(C(=O)Oc2ccc(OC)cc2)cc1. The van der Waals surface area contributed by atoms with Gasteiger partial charge in [0.2, 0.25) is 6.79 Å². The van der Waals surface area contributed by atoms with Gasteiger partial charge in [-0.15, -0.1) is 0 Å². The van der Waals surface area contributed by atoms with Crippen LogP contribution in [0, 0.1) is 29.6 Å². The average molecular weight is 1630 g/mol. The smallest absolute Gasteiger partial charge is 0.343 e. The minimum atomic E-state index is -0.608. The van der Waals surface area contributed by atoms with Crippen LogP contribution < -0.4 is 28.4 Å². The third-order valence-corrected chi connectivity index (χ3v) is 17.5. The van der Waals surface area contributed by atoms with E-state index in [9.17, 15) is 52.7 Å². The predicted octanol–water partition coefficient (Wildman–Crippen LogP) is 18.6. The van der Waals surface area contributed by atoms with E-state index in [-0.39, 0.29) is 72.1 Å². The molecule has 20 heteroatoms. The van der Waals surface area contributed by atoms with Crippen molar-refractivity contribution in [3.63, 3.8) is 0 Å². The Labute approximate surface area is 707 Å². The molecule has 0 radical (unpaired) electrons. The number of methoxy groups -OCH3 is 1. The van der Waals surface area contributed by atoms with Gasteiger partial charge in [-0.3, -0.25) is 28.8 Å². The lowest BCUT2D eigenvalue weighted by atomic mass is 9.99. The molecular weight excluding hydrogens is 1540 g/mol. The van der Waals surface area contributed by atoms with Crippen LogP contribution in [-0.4, -0.2) is 78.4 Å². The van der Waals surface area contributed by atoms with Gasteiger partial charge in [0.25, 0.3) is 0 Å². The van der Waals surface area contributed by atoms with Crippen molar-refractivity contribution in [2.75, 3.05) is 13.9 Å². The molecule has 20 nitrogen and oxygen atoms in total. The number of hydrogen-bond donors (Lipinski definition) is 0. The fourth-order valence-corrected chi connectivity index (χ4v) is 10.7. The van der Waals surface area contributed by atoms with Crippen LogP contribution in [0.2, 0.25) is 0 Å². The highest BCUT2D eigenvalue weighted by Crippen LogP contribution is 2.28. The number of ether oxygens (including phenoxy) is 7. The first-order valence-corrected chi connectivity index (χ1v) is 37.5. The van der Waals surface area contributed by atoms with E-state index in [1.807, 2.05) is 91.0 Å². The molecule has 122 heavy (non-hydrogen) atoms. The van der Waals surface area contributed by atoms with Crippen LogP contribution in [0.5, 0.6) is 34.5 Å². The molecule has 11 aromatic carbocycles. The number of nitrogens with zero attached hydrogens (tertiary/aromatic N) is 2. The second kappa shape index (κ2) is 48.8. The molecule has 610 valence electrons. The molecule has 0 spiro atoms. The molecule has 0 N–H and O–H groups in total. The molecule has 0 bridgehead atoms. The van der Waals surface area contributed by atoms with Crippen LogP contribution in [0.4, 0.5) is 0 Å². The van der Waals surface area contributed by atoms with E-state index in [1.165, 1.54) is 72.9 Å². The third-order valence-electron chi connectivity index (χ3n) is 17.5. The van der Waals surface area contributed by atoms with Crippen molar-refractivity contribution in [2.45, 2.75) is 45.4 Å². The number of benzene rings is 11. The highest BCUT2D eigenvalue weighted by molar-refractivity contribution is 5.97. The summed E-state index contributed by atoms with van der Waals surface area (Å²) in [5.41, 5.74) is 12.8. The summed E-state index contributed by atoms with van der Waals surface area (Å²) in [6.45, 7) is 25.4. The van der Waals surface area contributed by atoms with Crippen molar-refractivity contribution in [2.24, 2.45) is 0 Å². The van der Waals surface area contributed by atoms with Crippen LogP contribution in [0.15, 0.2) is 349 Å². The molecule has 0 aromatic heterocycles. The number of ketones is 6. The number of carbonyl (C=O) groups excluding carboxylic acids is 11. The molecule has 0 atom stereocenters. The van der Waals surface area contributed by atoms with Crippen molar-refractivity contribution in [3.05, 3.63) is 422 Å². The highest BCUT2D eigenvalue weighted by Gasteiger charge is 2.17. The summed E-state index contributed by atoms with van der Waals surface area (Å²) in [7, 11) is 1.57. The largest absolute Gasteiger partial charge is 0.497 e. The zero-order chi connectivity index (χ0) is 88.3. The fourth-order valence-electron chi connectivity index (χ4n) is 10.7. The Hall–Kier alpha value is -16.5. The molecule has 0 aliphatic rings. The van der Waals surface area contributed by atoms with E-state index in [0.29, 0.717) is 81.4 Å². The number of allylic oxidation sites excluding steroid dienone is 6. The monoisotopic (exact) mass is 1620 g/mol. The van der Waals surface area contributed by atoms with Crippen LogP contribution in [0.1, 0.15) is 91.5 Å². The fraction of sp³-hybridized carbons (Fsp3) is 0.0882. The molecule has 0 saturated heterocycles. The molecule has 0 amide bonds. The quantitative estimate of drug-likeness (QED) is 0.0160. The second-order valence-corrected chi connectivity index (χ2v) is 26.2. The number of hydrogen-bond acceptors (Lipinski definition) is 20. The maximum atomic E-state index is 12.5. The zero-order valence-electron chi connectivity index (χ0n) is 67.0. The minimum Gasteiger partial charge on any atom is -0.497 e. The van der Waals surface area contributed by atoms with Crippen LogP contribution in [0.25, 0.3) is 22.3 Å². The second-order valence-electron chi connectivity index (χ2n) is 26.2. The number of nitriles is 2. The number of carbonyl (C=O) groups is 11. The predicted molar refractivity (Wildman–Crippen MR) is 465 cm³/mol. The minimum absolute atomic E-state index is 0.0176. The topological polar surface area (TPSA) is 300 Å². The Balaban J connectivity index is 0.000000215. The van der Waals surface area contributed by atoms with Crippen LogP contribution >= 0.6 is 0 Å². The lowest BCUT2D eigenvalue weighted by Gasteiger charge is -2.10. The molecular formula is C102H84N2O18. The van der Waals surface area contributed by atoms with Crippen molar-refractivity contribution in [1.29, 1.82) is 10.5 Å². The normalized spacial score (nSPS) is 9.87. The molecule has 0 heterocycles. The Morgan fingerprint density at radius 1 is 0.295 bits per heavy atom. The Morgan fingerprint density at radius 3 is 0.828 bits per heavy atom. The van der Waals surface area contributed by atoms with Crippen LogP contribution in [-0.2, 0) is 76.8 Å². The molecule has 0 aliphatic heterocycles. The maximum Gasteiger partial charge on any atom is 0.343 e. The van der Waals surface area contributed by atoms with Crippen LogP contribution in [0.3, 0.4) is 0 Å². The van der Waals surface area contributed by atoms with E-state index in [0.717, 1.165) is 61.7 Å². The maximum absolute atomic E-state index is 12.5. The van der Waals surface area contributed by atoms with Gasteiger partial charge in [0, 0.05) is 44.6 Å². The summed E-state index contributed by atoms with van der Waals surface area (Å²) in [4.78, 5) is 128. The third kappa shape index (κ3) is 31.3. The first-order valence-electron chi connectivity index (χ1n) is 37.5. The molecule has 11 rings (SSSR count). The lowest BCUT2D eigenvalue weighted by molar-refractivity contribution is -0.144. The summed E-state index contributed by atoms with van der Waals surface area (Å²) in [5.74, 6) is -0.411. The number of rotatable bonds is 33. The van der Waals surface area contributed by atoms with Gasteiger partial charge in [0.1, 0.15) is 34.5 Å². The molecule has 0 saturated carbocycles. The van der Waals surface area contributed by atoms with Gasteiger partial charge in [-0.25, -0.2) is 24.0 Å². The summed E-state index contributed by atoms with van der Waals surface area (Å²) in [6.07, 6.45) is 10.8. The van der Waals surface area contributed by atoms with E-state index in [1.54, 1.807) is 154 Å². The Kier molecular flexibility index (Phi) is 37.1. The molecule has 0 aliphatic carbocycles. The van der Waals surface area contributed by atoms with Crippen molar-refractivity contribution in [3.8, 4) is 68.9 Å². The Morgan fingerprint density at radius 2 is 0.541 bits per heavy atom. The first kappa shape index (κ1) is 92.7.